The van der Waals surface area contributed by atoms with E-state index in [2.05, 4.69) is 44.6 Å². The molecule has 198 valence electrons. The number of thiazole rings is 1. The maximum atomic E-state index is 12.4. The van der Waals surface area contributed by atoms with Crippen molar-refractivity contribution in [1.29, 1.82) is 0 Å². The molecule has 0 fully saturated rings. The molecule has 0 aliphatic rings. The molecule has 3 N–H and O–H groups in total. The second-order valence-electron chi connectivity index (χ2n) is 10.1. The molecule has 0 aliphatic carbocycles. The summed E-state index contributed by atoms with van der Waals surface area (Å²) in [7, 11) is 0. The zero-order valence-corrected chi connectivity index (χ0v) is 22.8. The average molecular weight is 533 g/mol. The summed E-state index contributed by atoms with van der Waals surface area (Å²) in [4.78, 5) is 18.1. The van der Waals surface area contributed by atoms with E-state index >= 15 is 0 Å². The molecule has 5 aromatic rings. The smallest absolute Gasteiger partial charge is 0.324 e. The fraction of sp³-hybridized carbons (Fsp3) is 0.321. The Morgan fingerprint density at radius 2 is 1.89 bits per heavy atom. The Balaban J connectivity index is 1.22. The highest BCUT2D eigenvalue weighted by Crippen LogP contribution is 2.32. The summed E-state index contributed by atoms with van der Waals surface area (Å²) < 4.78 is 14.4. The van der Waals surface area contributed by atoms with Gasteiger partial charge in [0.05, 0.1) is 15.9 Å². The average Bonchev–Trinajstić information content (AvgIpc) is 3.59. The Labute approximate surface area is 225 Å². The number of amides is 2. The second-order valence-corrected chi connectivity index (χ2v) is 11.1. The first kappa shape index (κ1) is 25.7. The lowest BCUT2D eigenvalue weighted by molar-refractivity contribution is 0.262. The van der Waals surface area contributed by atoms with Gasteiger partial charge in [-0.05, 0) is 43.3 Å². The second kappa shape index (κ2) is 10.8. The van der Waals surface area contributed by atoms with E-state index in [1.807, 2.05) is 57.3 Å². The molecule has 0 atom stereocenters. The Morgan fingerprint density at radius 1 is 1.08 bits per heavy atom. The molecular weight excluding hydrogens is 500 g/mol. The van der Waals surface area contributed by atoms with Gasteiger partial charge in [-0.2, -0.15) is 0 Å². The number of carbonyl (C=O) groups is 1. The fourth-order valence-corrected chi connectivity index (χ4v) is 4.98. The molecule has 0 unspecified atom stereocenters. The molecule has 10 heteroatoms. The van der Waals surface area contributed by atoms with Crippen LogP contribution in [-0.2, 0) is 5.41 Å². The number of ether oxygens (including phenoxy) is 1. The van der Waals surface area contributed by atoms with Crippen LogP contribution in [0.4, 0.5) is 16.3 Å². The van der Waals surface area contributed by atoms with Crippen molar-refractivity contribution in [2.45, 2.75) is 39.5 Å². The Bertz CT molecular complexity index is 1540. The van der Waals surface area contributed by atoms with Gasteiger partial charge in [-0.25, -0.2) is 9.78 Å². The van der Waals surface area contributed by atoms with Gasteiger partial charge in [0.1, 0.15) is 18.1 Å². The minimum atomic E-state index is -0.388. The monoisotopic (exact) mass is 532 g/mol. The molecule has 38 heavy (non-hydrogen) atoms. The van der Waals surface area contributed by atoms with Gasteiger partial charge in [-0.15, -0.1) is 0 Å². The van der Waals surface area contributed by atoms with E-state index in [1.54, 1.807) is 17.4 Å². The number of benzene rings is 2. The summed E-state index contributed by atoms with van der Waals surface area (Å²) in [5.41, 5.74) is 3.41. The van der Waals surface area contributed by atoms with Crippen LogP contribution in [0.1, 0.15) is 39.9 Å². The molecule has 0 bridgehead atoms. The van der Waals surface area contributed by atoms with Crippen LogP contribution >= 0.6 is 11.3 Å². The number of nitrogens with one attached hydrogen (secondary N) is 3. The molecule has 9 nitrogen and oxygen atoms in total. The summed E-state index contributed by atoms with van der Waals surface area (Å²) in [6, 6.07) is 15.1. The lowest BCUT2D eigenvalue weighted by atomic mass is 9.93. The van der Waals surface area contributed by atoms with Crippen molar-refractivity contribution in [3.05, 3.63) is 60.5 Å². The summed E-state index contributed by atoms with van der Waals surface area (Å²) in [5.74, 6) is 1.94. The van der Waals surface area contributed by atoms with Crippen LogP contribution in [0.25, 0.3) is 26.4 Å². The molecule has 0 saturated carbocycles. The van der Waals surface area contributed by atoms with Gasteiger partial charge in [0, 0.05) is 35.5 Å². The first-order chi connectivity index (χ1) is 18.3. The van der Waals surface area contributed by atoms with Crippen LogP contribution in [-0.4, -0.2) is 40.3 Å². The van der Waals surface area contributed by atoms with Crippen LogP contribution in [0.15, 0.2) is 59.3 Å². The number of rotatable bonds is 9. The Morgan fingerprint density at radius 3 is 2.63 bits per heavy atom. The van der Waals surface area contributed by atoms with Crippen molar-refractivity contribution < 1.29 is 14.1 Å². The maximum absolute atomic E-state index is 12.4. The minimum Gasteiger partial charge on any atom is -0.492 e. The molecular formula is C28H32N6O3S. The zero-order valence-electron chi connectivity index (χ0n) is 22.0. The first-order valence-corrected chi connectivity index (χ1v) is 13.5. The summed E-state index contributed by atoms with van der Waals surface area (Å²) in [6.07, 6.45) is 3.15. The lowest BCUT2D eigenvalue weighted by Crippen LogP contribution is -2.21. The van der Waals surface area contributed by atoms with E-state index < -0.39 is 0 Å². The number of aromatic nitrogens is 3. The minimum absolute atomic E-state index is 0.185. The lowest BCUT2D eigenvalue weighted by Gasteiger charge is -2.12. The number of hydrogen-bond acceptors (Lipinski definition) is 7. The SMILES string of the molecule is CCCNCCOc1ccc2c(c1)sc1nc(-c3ccc(NC(=O)Nc4cc(C(C)(C)C)on4)cc3)cn12. The molecule has 3 heterocycles. The molecule has 2 aromatic carbocycles. The maximum Gasteiger partial charge on any atom is 0.324 e. The first-order valence-electron chi connectivity index (χ1n) is 12.7. The van der Waals surface area contributed by atoms with Gasteiger partial charge < -0.3 is 19.9 Å². The van der Waals surface area contributed by atoms with E-state index in [0.717, 1.165) is 51.7 Å². The molecule has 0 aliphatic heterocycles. The van der Waals surface area contributed by atoms with Crippen LogP contribution in [0.5, 0.6) is 5.75 Å². The quantitative estimate of drug-likeness (QED) is 0.187. The number of anilines is 2. The van der Waals surface area contributed by atoms with Crippen molar-refractivity contribution in [2.75, 3.05) is 30.3 Å². The molecule has 0 spiro atoms. The van der Waals surface area contributed by atoms with Gasteiger partial charge in [0.25, 0.3) is 0 Å². The van der Waals surface area contributed by atoms with Crippen molar-refractivity contribution >= 4 is 44.1 Å². The topological polar surface area (TPSA) is 106 Å². The molecule has 0 saturated heterocycles. The van der Waals surface area contributed by atoms with Gasteiger partial charge in [0.2, 0.25) is 0 Å². The molecule has 3 aromatic heterocycles. The largest absolute Gasteiger partial charge is 0.492 e. The number of urea groups is 1. The molecule has 2 amide bonds. The fourth-order valence-electron chi connectivity index (χ4n) is 3.94. The van der Waals surface area contributed by atoms with Gasteiger partial charge in [-0.1, -0.05) is 56.3 Å². The predicted molar refractivity (Wildman–Crippen MR) is 153 cm³/mol. The van der Waals surface area contributed by atoms with E-state index in [1.165, 1.54) is 0 Å². The normalized spacial score (nSPS) is 11.8. The highest BCUT2D eigenvalue weighted by Gasteiger charge is 2.20. The van der Waals surface area contributed by atoms with Crippen molar-refractivity contribution in [3.63, 3.8) is 0 Å². The number of carbonyl (C=O) groups excluding carboxylic acids is 1. The summed E-state index contributed by atoms with van der Waals surface area (Å²) in [6.45, 7) is 10.7. The van der Waals surface area contributed by atoms with Crippen LogP contribution in [0.2, 0.25) is 0 Å². The standard InChI is InChI=1S/C28H32N6O3S/c1-5-12-29-13-14-36-20-10-11-22-23(15-20)38-27-31-21(17-34(22)27)18-6-8-19(9-7-18)30-26(35)32-25-16-24(37-33-25)28(2,3)4/h6-11,15-17,29H,5,12-14H2,1-4H3,(H2,30,32,33,35). The number of imidazole rings is 1. The van der Waals surface area contributed by atoms with Crippen molar-refractivity contribution in [3.8, 4) is 17.0 Å². The van der Waals surface area contributed by atoms with Crippen LogP contribution < -0.4 is 20.7 Å². The summed E-state index contributed by atoms with van der Waals surface area (Å²) >= 11 is 1.63. The zero-order chi connectivity index (χ0) is 26.7. The van der Waals surface area contributed by atoms with Gasteiger partial charge in [-0.3, -0.25) is 9.72 Å². The predicted octanol–water partition coefficient (Wildman–Crippen LogP) is 6.52. The van der Waals surface area contributed by atoms with Crippen molar-refractivity contribution in [1.82, 2.24) is 19.9 Å². The highest BCUT2D eigenvalue weighted by atomic mass is 32.1. The van der Waals surface area contributed by atoms with Crippen LogP contribution in [0, 0.1) is 0 Å². The van der Waals surface area contributed by atoms with Gasteiger partial charge in [0.15, 0.2) is 10.8 Å². The van der Waals surface area contributed by atoms with E-state index in [0.29, 0.717) is 23.9 Å². The molecule has 0 radical (unpaired) electrons. The third-order valence-corrected chi connectivity index (χ3v) is 6.99. The van der Waals surface area contributed by atoms with E-state index in [-0.39, 0.29) is 11.4 Å². The highest BCUT2D eigenvalue weighted by molar-refractivity contribution is 7.23. The van der Waals surface area contributed by atoms with E-state index in [9.17, 15) is 4.79 Å². The molecule has 5 rings (SSSR count). The van der Waals surface area contributed by atoms with Crippen molar-refractivity contribution in [2.24, 2.45) is 0 Å². The number of nitrogens with zero attached hydrogens (tertiary/aromatic N) is 3. The third kappa shape index (κ3) is 5.81. The summed E-state index contributed by atoms with van der Waals surface area (Å²) in [5, 5.41) is 12.8. The number of hydrogen-bond donors (Lipinski definition) is 3. The Kier molecular flexibility index (Phi) is 7.35. The van der Waals surface area contributed by atoms with E-state index in [4.69, 9.17) is 14.2 Å². The van der Waals surface area contributed by atoms with Gasteiger partial charge >= 0.3 is 6.03 Å². The van der Waals surface area contributed by atoms with Crippen LogP contribution in [0.3, 0.4) is 0 Å². The number of fused-ring (bicyclic) bond motifs is 3. The third-order valence-electron chi connectivity index (χ3n) is 5.97. The Hall–Kier alpha value is -3.89.